The zero-order valence-electron chi connectivity index (χ0n) is 15.4. The lowest BCUT2D eigenvalue weighted by Gasteiger charge is -2.39. The van der Waals surface area contributed by atoms with Crippen molar-refractivity contribution in [3.8, 4) is 0 Å². The van der Waals surface area contributed by atoms with Gasteiger partial charge in [-0.25, -0.2) is 0 Å². The summed E-state index contributed by atoms with van der Waals surface area (Å²) in [5, 5.41) is 0. The number of hydrogen-bond acceptors (Lipinski definition) is 1. The summed E-state index contributed by atoms with van der Waals surface area (Å²) in [5.74, 6) is 2.25. The number of rotatable bonds is 3. The smallest absolute Gasteiger partial charge is 0.000556 e. The maximum absolute atomic E-state index is 6.23. The molecule has 0 aliphatic heterocycles. The van der Waals surface area contributed by atoms with Gasteiger partial charge >= 0.3 is 0 Å². The zero-order chi connectivity index (χ0) is 16.4. The molecule has 2 N–H and O–H groups in total. The van der Waals surface area contributed by atoms with Gasteiger partial charge in [0.25, 0.3) is 0 Å². The number of nitrogens with two attached hydrogens (primary N) is 1. The van der Waals surface area contributed by atoms with Crippen molar-refractivity contribution in [1.29, 1.82) is 0 Å². The summed E-state index contributed by atoms with van der Waals surface area (Å²) < 4.78 is 0. The maximum Gasteiger partial charge on any atom is -0.000556 e. The van der Waals surface area contributed by atoms with E-state index in [9.17, 15) is 0 Å². The first-order valence-corrected chi connectivity index (χ1v) is 9.81. The summed E-state index contributed by atoms with van der Waals surface area (Å²) in [6.07, 6.45) is 10.8. The Morgan fingerprint density at radius 3 is 2.26 bits per heavy atom. The van der Waals surface area contributed by atoms with E-state index in [0.29, 0.717) is 11.3 Å². The van der Waals surface area contributed by atoms with Crippen LogP contribution in [-0.4, -0.2) is 6.54 Å². The van der Waals surface area contributed by atoms with E-state index in [1.54, 1.807) is 11.1 Å². The van der Waals surface area contributed by atoms with Gasteiger partial charge in [-0.3, -0.25) is 0 Å². The van der Waals surface area contributed by atoms with E-state index in [1.165, 1.54) is 56.9 Å². The minimum Gasteiger partial charge on any atom is -0.330 e. The molecule has 1 fully saturated rings. The van der Waals surface area contributed by atoms with Gasteiger partial charge in [-0.2, -0.15) is 0 Å². The Morgan fingerprint density at radius 2 is 1.65 bits per heavy atom. The third-order valence-electron chi connectivity index (χ3n) is 6.62. The van der Waals surface area contributed by atoms with Gasteiger partial charge in [0.15, 0.2) is 0 Å². The Bertz CT molecular complexity index is 517. The van der Waals surface area contributed by atoms with E-state index in [-0.39, 0.29) is 0 Å². The summed E-state index contributed by atoms with van der Waals surface area (Å²) in [7, 11) is 0. The van der Waals surface area contributed by atoms with E-state index >= 15 is 0 Å². The fourth-order valence-electron chi connectivity index (χ4n) is 4.97. The molecule has 128 valence electrons. The van der Waals surface area contributed by atoms with Crippen LogP contribution in [0.1, 0.15) is 81.9 Å². The van der Waals surface area contributed by atoms with Crippen LogP contribution < -0.4 is 5.73 Å². The predicted octanol–water partition coefficient (Wildman–Crippen LogP) is 5.46. The molecule has 1 saturated carbocycles. The molecule has 23 heavy (non-hydrogen) atoms. The summed E-state index contributed by atoms with van der Waals surface area (Å²) in [5.41, 5.74) is 11.4. The molecule has 1 unspecified atom stereocenters. The standard InChI is InChI=1S/C22H35N/c1-22(2,3)20-12-10-17(11-13-20)21(15-23)19-9-8-16-6-4-5-7-18(16)14-19/h8-9,14,17,20-21H,4-7,10-13,15,23H2,1-3H3. The molecule has 2 aliphatic carbocycles. The van der Waals surface area contributed by atoms with Crippen LogP contribution in [0.4, 0.5) is 0 Å². The molecular formula is C22H35N. The van der Waals surface area contributed by atoms with Gasteiger partial charge in [-0.15, -0.1) is 0 Å². The Morgan fingerprint density at radius 1 is 1.00 bits per heavy atom. The van der Waals surface area contributed by atoms with Gasteiger partial charge in [-0.1, -0.05) is 39.0 Å². The lowest BCUT2D eigenvalue weighted by molar-refractivity contribution is 0.140. The maximum atomic E-state index is 6.23. The second-order valence-corrected chi connectivity index (χ2v) is 9.06. The lowest BCUT2D eigenvalue weighted by atomic mass is 9.66. The van der Waals surface area contributed by atoms with E-state index < -0.39 is 0 Å². The topological polar surface area (TPSA) is 26.0 Å². The van der Waals surface area contributed by atoms with Gasteiger partial charge in [-0.05, 0) is 97.8 Å². The molecule has 0 spiro atoms. The van der Waals surface area contributed by atoms with Crippen molar-refractivity contribution in [2.24, 2.45) is 23.0 Å². The second kappa shape index (κ2) is 6.97. The molecule has 1 nitrogen and oxygen atoms in total. The molecular weight excluding hydrogens is 278 g/mol. The normalized spacial score (nSPS) is 26.6. The van der Waals surface area contributed by atoms with E-state index in [0.717, 1.165) is 18.4 Å². The van der Waals surface area contributed by atoms with Gasteiger partial charge < -0.3 is 5.73 Å². The second-order valence-electron chi connectivity index (χ2n) is 9.06. The Hall–Kier alpha value is -0.820. The van der Waals surface area contributed by atoms with Crippen LogP contribution in [0.2, 0.25) is 0 Å². The predicted molar refractivity (Wildman–Crippen MR) is 99.8 cm³/mol. The van der Waals surface area contributed by atoms with Crippen LogP contribution in [0, 0.1) is 17.3 Å². The minimum atomic E-state index is 0.467. The van der Waals surface area contributed by atoms with Crippen LogP contribution in [0.25, 0.3) is 0 Å². The van der Waals surface area contributed by atoms with Crippen molar-refractivity contribution in [3.05, 3.63) is 34.9 Å². The molecule has 2 aliphatic rings. The van der Waals surface area contributed by atoms with Crippen molar-refractivity contribution in [1.82, 2.24) is 0 Å². The molecule has 0 aromatic heterocycles. The molecule has 1 aromatic carbocycles. The lowest BCUT2D eigenvalue weighted by Crippen LogP contribution is -2.30. The zero-order valence-corrected chi connectivity index (χ0v) is 15.4. The quantitative estimate of drug-likeness (QED) is 0.787. The molecule has 0 bridgehead atoms. The molecule has 0 radical (unpaired) electrons. The van der Waals surface area contributed by atoms with Crippen LogP contribution in [0.3, 0.4) is 0 Å². The first kappa shape index (κ1) is 17.0. The van der Waals surface area contributed by atoms with Crippen LogP contribution in [0.5, 0.6) is 0 Å². The van der Waals surface area contributed by atoms with Gasteiger partial charge in [0, 0.05) is 0 Å². The number of fused-ring (bicyclic) bond motifs is 1. The Labute approximate surface area is 143 Å². The third kappa shape index (κ3) is 3.82. The highest BCUT2D eigenvalue weighted by atomic mass is 14.6. The third-order valence-corrected chi connectivity index (χ3v) is 6.62. The van der Waals surface area contributed by atoms with Crippen molar-refractivity contribution in [3.63, 3.8) is 0 Å². The molecule has 1 aromatic rings. The summed E-state index contributed by atoms with van der Waals surface area (Å²) in [4.78, 5) is 0. The van der Waals surface area contributed by atoms with E-state index in [2.05, 4.69) is 39.0 Å². The summed E-state index contributed by atoms with van der Waals surface area (Å²) in [6.45, 7) is 8.02. The SMILES string of the molecule is CC(C)(C)C1CCC(C(CN)c2ccc3c(c2)CCCC3)CC1. The highest BCUT2D eigenvalue weighted by Crippen LogP contribution is 2.44. The van der Waals surface area contributed by atoms with E-state index in [1.807, 2.05) is 0 Å². The molecule has 1 atom stereocenters. The first-order valence-electron chi connectivity index (χ1n) is 9.81. The summed E-state index contributed by atoms with van der Waals surface area (Å²) in [6, 6.07) is 7.28. The highest BCUT2D eigenvalue weighted by molar-refractivity contribution is 5.36. The van der Waals surface area contributed by atoms with Gasteiger partial charge in [0.1, 0.15) is 0 Å². The van der Waals surface area contributed by atoms with Crippen LogP contribution in [-0.2, 0) is 12.8 Å². The van der Waals surface area contributed by atoms with Crippen LogP contribution in [0.15, 0.2) is 18.2 Å². The number of hydrogen-bond donors (Lipinski definition) is 1. The summed E-state index contributed by atoms with van der Waals surface area (Å²) >= 11 is 0. The number of benzene rings is 1. The Kier molecular flexibility index (Phi) is 5.16. The fraction of sp³-hybridized carbons (Fsp3) is 0.727. The van der Waals surface area contributed by atoms with Crippen molar-refractivity contribution in [2.45, 2.75) is 78.1 Å². The first-order chi connectivity index (χ1) is 11.0. The van der Waals surface area contributed by atoms with Gasteiger partial charge in [0.05, 0.1) is 0 Å². The molecule has 0 amide bonds. The largest absolute Gasteiger partial charge is 0.330 e. The average Bonchev–Trinajstić information content (AvgIpc) is 2.55. The van der Waals surface area contributed by atoms with Crippen molar-refractivity contribution in [2.75, 3.05) is 6.54 Å². The Balaban J connectivity index is 1.71. The van der Waals surface area contributed by atoms with Crippen molar-refractivity contribution >= 4 is 0 Å². The fourth-order valence-corrected chi connectivity index (χ4v) is 4.97. The molecule has 0 saturated heterocycles. The van der Waals surface area contributed by atoms with Crippen molar-refractivity contribution < 1.29 is 0 Å². The molecule has 1 heteroatoms. The molecule has 0 heterocycles. The van der Waals surface area contributed by atoms with Crippen LogP contribution >= 0.6 is 0 Å². The van der Waals surface area contributed by atoms with Gasteiger partial charge in [0.2, 0.25) is 0 Å². The average molecular weight is 314 g/mol. The minimum absolute atomic E-state index is 0.467. The number of aryl methyl sites for hydroxylation is 2. The monoisotopic (exact) mass is 313 g/mol. The molecule has 3 rings (SSSR count). The highest BCUT2D eigenvalue weighted by Gasteiger charge is 2.33. The van der Waals surface area contributed by atoms with E-state index in [4.69, 9.17) is 5.73 Å².